The molecule has 0 aliphatic carbocycles. The average Bonchev–Trinajstić information content (AvgIpc) is 2.28. The highest BCUT2D eigenvalue weighted by Crippen LogP contribution is 2.21. The first-order valence-electron chi connectivity index (χ1n) is 5.34. The Hall–Kier alpha value is -1.62. The Kier molecular flexibility index (Phi) is 4.45. The number of amides is 1. The van der Waals surface area contributed by atoms with Gasteiger partial charge in [0.15, 0.2) is 0 Å². The molecule has 0 radical (unpaired) electrons. The molecule has 2 unspecified atom stereocenters. The molecule has 0 heterocycles. The molecule has 1 aromatic carbocycles. The van der Waals surface area contributed by atoms with E-state index in [1.807, 2.05) is 0 Å². The van der Waals surface area contributed by atoms with Gasteiger partial charge in [-0.1, -0.05) is 6.07 Å². The molecule has 0 aromatic heterocycles. The number of rotatable bonds is 5. The van der Waals surface area contributed by atoms with Gasteiger partial charge >= 0.3 is 0 Å². The van der Waals surface area contributed by atoms with Crippen LogP contribution in [0, 0.1) is 5.82 Å². The summed E-state index contributed by atoms with van der Waals surface area (Å²) in [4.78, 5) is 10.9. The topological polar surface area (TPSA) is 64.3 Å². The molecule has 3 N–H and O–H groups in total. The van der Waals surface area contributed by atoms with E-state index in [0.717, 1.165) is 0 Å². The number of hydrogen-bond donors (Lipinski definition) is 2. The van der Waals surface area contributed by atoms with Crippen LogP contribution < -0.4 is 15.8 Å². The normalized spacial score (nSPS) is 14.1. The third kappa shape index (κ3) is 3.42. The molecule has 0 fully saturated rings. The summed E-state index contributed by atoms with van der Waals surface area (Å²) in [5, 5.41) is 2.92. The summed E-state index contributed by atoms with van der Waals surface area (Å²) in [6.07, 6.45) is 0. The lowest BCUT2D eigenvalue weighted by Crippen LogP contribution is -2.40. The number of halogens is 1. The molecule has 0 aliphatic rings. The first kappa shape index (κ1) is 13.4. The van der Waals surface area contributed by atoms with Crippen LogP contribution in [0.5, 0.6) is 5.75 Å². The van der Waals surface area contributed by atoms with Gasteiger partial charge in [-0.25, -0.2) is 4.39 Å². The zero-order chi connectivity index (χ0) is 13.0. The van der Waals surface area contributed by atoms with Gasteiger partial charge < -0.3 is 10.5 Å². The average molecular weight is 240 g/mol. The molecule has 2 atom stereocenters. The van der Waals surface area contributed by atoms with Crippen molar-refractivity contribution in [3.05, 3.63) is 29.6 Å². The predicted octanol–water partition coefficient (Wildman–Crippen LogP) is 1.36. The van der Waals surface area contributed by atoms with Crippen molar-refractivity contribution in [2.24, 2.45) is 5.73 Å². The number of carbonyl (C=O) groups excluding carboxylic acids is 1. The lowest BCUT2D eigenvalue weighted by atomic mass is 10.1. The van der Waals surface area contributed by atoms with Gasteiger partial charge in [0.25, 0.3) is 0 Å². The third-order valence-corrected chi connectivity index (χ3v) is 2.60. The summed E-state index contributed by atoms with van der Waals surface area (Å²) < 4.78 is 18.6. The molecule has 94 valence electrons. The van der Waals surface area contributed by atoms with E-state index >= 15 is 0 Å². The molecule has 0 spiro atoms. The van der Waals surface area contributed by atoms with E-state index < -0.39 is 11.9 Å². The molecule has 1 rings (SSSR count). The molecular weight excluding hydrogens is 223 g/mol. The van der Waals surface area contributed by atoms with E-state index in [4.69, 9.17) is 10.5 Å². The summed E-state index contributed by atoms with van der Waals surface area (Å²) in [7, 11) is 1.48. The fourth-order valence-corrected chi connectivity index (χ4v) is 1.53. The van der Waals surface area contributed by atoms with Gasteiger partial charge in [-0.3, -0.25) is 10.1 Å². The molecule has 4 nitrogen and oxygen atoms in total. The summed E-state index contributed by atoms with van der Waals surface area (Å²) >= 11 is 0. The second kappa shape index (κ2) is 5.63. The van der Waals surface area contributed by atoms with Crippen molar-refractivity contribution in [1.82, 2.24) is 5.32 Å². The van der Waals surface area contributed by atoms with Crippen molar-refractivity contribution in [1.29, 1.82) is 0 Å². The minimum absolute atomic E-state index is 0.302. The maximum absolute atomic E-state index is 13.7. The van der Waals surface area contributed by atoms with Crippen LogP contribution in [0.3, 0.4) is 0 Å². The van der Waals surface area contributed by atoms with Crippen LogP contribution in [-0.2, 0) is 4.79 Å². The van der Waals surface area contributed by atoms with Crippen molar-refractivity contribution >= 4 is 5.91 Å². The van der Waals surface area contributed by atoms with Crippen molar-refractivity contribution in [2.45, 2.75) is 25.9 Å². The Morgan fingerprint density at radius 1 is 1.47 bits per heavy atom. The number of primary amides is 1. The smallest absolute Gasteiger partial charge is 0.234 e. The monoisotopic (exact) mass is 240 g/mol. The van der Waals surface area contributed by atoms with E-state index in [9.17, 15) is 9.18 Å². The summed E-state index contributed by atoms with van der Waals surface area (Å²) in [5.41, 5.74) is 5.60. The van der Waals surface area contributed by atoms with Gasteiger partial charge in [-0.2, -0.15) is 0 Å². The number of hydrogen-bond acceptors (Lipinski definition) is 3. The van der Waals surface area contributed by atoms with Crippen LogP contribution in [0.4, 0.5) is 4.39 Å². The number of benzene rings is 1. The minimum atomic E-state index is -0.508. The van der Waals surface area contributed by atoms with Crippen LogP contribution in [0.15, 0.2) is 18.2 Å². The lowest BCUT2D eigenvalue weighted by molar-refractivity contribution is -0.119. The summed E-state index contributed by atoms with van der Waals surface area (Å²) in [6.45, 7) is 3.41. The van der Waals surface area contributed by atoms with Crippen LogP contribution in [0.2, 0.25) is 0 Å². The third-order valence-electron chi connectivity index (χ3n) is 2.60. The number of nitrogens with two attached hydrogens (primary N) is 1. The molecule has 1 amide bonds. The predicted molar refractivity (Wildman–Crippen MR) is 63.2 cm³/mol. The van der Waals surface area contributed by atoms with Crippen molar-refractivity contribution in [3.63, 3.8) is 0 Å². The Bertz CT molecular complexity index is 409. The Morgan fingerprint density at radius 3 is 2.59 bits per heavy atom. The van der Waals surface area contributed by atoms with E-state index in [1.54, 1.807) is 26.0 Å². The van der Waals surface area contributed by atoms with Gasteiger partial charge in [0.1, 0.15) is 11.6 Å². The summed E-state index contributed by atoms with van der Waals surface area (Å²) in [5.74, 6) is -0.381. The SMILES string of the molecule is COc1ccc(C(C)NC(C)C(N)=O)c(F)c1. The highest BCUT2D eigenvalue weighted by Gasteiger charge is 2.16. The molecule has 0 aliphatic heterocycles. The molecular formula is C12H17FN2O2. The van der Waals surface area contributed by atoms with E-state index in [-0.39, 0.29) is 11.9 Å². The highest BCUT2D eigenvalue weighted by molar-refractivity contribution is 5.79. The van der Waals surface area contributed by atoms with Crippen molar-refractivity contribution in [2.75, 3.05) is 7.11 Å². The number of methoxy groups -OCH3 is 1. The molecule has 0 saturated carbocycles. The van der Waals surface area contributed by atoms with Crippen LogP contribution in [0.25, 0.3) is 0 Å². The summed E-state index contributed by atoms with van der Waals surface area (Å²) in [6, 6.07) is 3.79. The van der Waals surface area contributed by atoms with Gasteiger partial charge in [0.2, 0.25) is 5.91 Å². The lowest BCUT2D eigenvalue weighted by Gasteiger charge is -2.18. The van der Waals surface area contributed by atoms with Gasteiger partial charge in [0, 0.05) is 17.7 Å². The number of carbonyl (C=O) groups is 1. The Balaban J connectivity index is 2.82. The second-order valence-corrected chi connectivity index (χ2v) is 3.90. The maximum atomic E-state index is 13.7. The van der Waals surface area contributed by atoms with E-state index in [1.165, 1.54) is 13.2 Å². The first-order chi connectivity index (χ1) is 7.95. The quantitative estimate of drug-likeness (QED) is 0.816. The van der Waals surface area contributed by atoms with E-state index in [0.29, 0.717) is 11.3 Å². The maximum Gasteiger partial charge on any atom is 0.234 e. The highest BCUT2D eigenvalue weighted by atomic mass is 19.1. The van der Waals surface area contributed by atoms with Crippen molar-refractivity contribution < 1.29 is 13.9 Å². The zero-order valence-corrected chi connectivity index (χ0v) is 10.2. The molecule has 0 saturated heterocycles. The fraction of sp³-hybridized carbons (Fsp3) is 0.417. The fourth-order valence-electron chi connectivity index (χ4n) is 1.53. The Morgan fingerprint density at radius 2 is 2.12 bits per heavy atom. The molecule has 5 heteroatoms. The van der Waals surface area contributed by atoms with Gasteiger partial charge in [0.05, 0.1) is 13.2 Å². The molecule has 0 bridgehead atoms. The Labute approximate surface area is 100.0 Å². The zero-order valence-electron chi connectivity index (χ0n) is 10.2. The van der Waals surface area contributed by atoms with Crippen LogP contribution in [0.1, 0.15) is 25.5 Å². The van der Waals surface area contributed by atoms with E-state index in [2.05, 4.69) is 5.32 Å². The second-order valence-electron chi connectivity index (χ2n) is 3.90. The molecule has 1 aromatic rings. The largest absolute Gasteiger partial charge is 0.497 e. The first-order valence-corrected chi connectivity index (χ1v) is 5.34. The van der Waals surface area contributed by atoms with Crippen molar-refractivity contribution in [3.8, 4) is 5.75 Å². The standard InChI is InChI=1S/C12H17FN2O2/c1-7(15-8(2)12(14)16)10-5-4-9(17-3)6-11(10)13/h4-8,15H,1-3H3,(H2,14,16). The van der Waals surface area contributed by atoms with Crippen LogP contribution in [-0.4, -0.2) is 19.1 Å². The van der Waals surface area contributed by atoms with Crippen LogP contribution >= 0.6 is 0 Å². The molecule has 17 heavy (non-hydrogen) atoms. The number of ether oxygens (including phenoxy) is 1. The van der Waals surface area contributed by atoms with Gasteiger partial charge in [-0.05, 0) is 19.9 Å². The minimum Gasteiger partial charge on any atom is -0.497 e. The van der Waals surface area contributed by atoms with Gasteiger partial charge in [-0.15, -0.1) is 0 Å². The number of nitrogens with one attached hydrogen (secondary N) is 1.